The van der Waals surface area contributed by atoms with E-state index in [2.05, 4.69) is 41.0 Å². The van der Waals surface area contributed by atoms with Crippen LogP contribution >= 0.6 is 0 Å². The highest BCUT2D eigenvalue weighted by Gasteiger charge is 2.45. The second-order valence-corrected chi connectivity index (χ2v) is 13.4. The van der Waals surface area contributed by atoms with Crippen molar-refractivity contribution in [3.63, 3.8) is 0 Å². The molecule has 1 saturated carbocycles. The number of carboxylic acids is 1. The van der Waals surface area contributed by atoms with Gasteiger partial charge >= 0.3 is 5.97 Å². The van der Waals surface area contributed by atoms with Crippen LogP contribution in [0.3, 0.4) is 0 Å². The van der Waals surface area contributed by atoms with E-state index in [4.69, 9.17) is 10.3 Å². The zero-order chi connectivity index (χ0) is 29.8. The number of aliphatic carboxylic acids is 1. The van der Waals surface area contributed by atoms with Gasteiger partial charge in [0.25, 0.3) is 5.89 Å². The van der Waals surface area contributed by atoms with Crippen molar-refractivity contribution in [2.75, 3.05) is 13.1 Å². The summed E-state index contributed by atoms with van der Waals surface area (Å²) in [5.74, 6) is 1.60. The van der Waals surface area contributed by atoms with E-state index in [0.29, 0.717) is 29.1 Å². The van der Waals surface area contributed by atoms with Crippen LogP contribution < -0.4 is 5.73 Å². The Bertz CT molecular complexity index is 1290. The first-order chi connectivity index (χ1) is 19.3. The van der Waals surface area contributed by atoms with Gasteiger partial charge in [-0.3, -0.25) is 9.69 Å². The highest BCUT2D eigenvalue weighted by molar-refractivity contribution is 5.75. The molecule has 1 aromatic heterocycles. The van der Waals surface area contributed by atoms with E-state index in [1.807, 2.05) is 45.0 Å². The van der Waals surface area contributed by atoms with Crippen LogP contribution in [0.15, 0.2) is 47.0 Å². The normalized spacial score (nSPS) is 17.2. The lowest BCUT2D eigenvalue weighted by atomic mass is 9.74. The Morgan fingerprint density at radius 1 is 1.10 bits per heavy atom. The van der Waals surface area contributed by atoms with Crippen molar-refractivity contribution < 1.29 is 19.5 Å². The Hall–Kier alpha value is -3.23. The minimum Gasteiger partial charge on any atom is -0.508 e. The zero-order valence-electron chi connectivity index (χ0n) is 25.2. The molecule has 1 aliphatic heterocycles. The van der Waals surface area contributed by atoms with E-state index in [9.17, 15) is 15.0 Å². The number of carbonyl (C=O) groups is 1. The number of carboxylic acid groups (broad SMARTS) is 1. The third-order valence-corrected chi connectivity index (χ3v) is 7.65. The highest BCUT2D eigenvalue weighted by Crippen LogP contribution is 2.46. The lowest BCUT2D eigenvalue weighted by Crippen LogP contribution is -2.44. The molecule has 0 unspecified atom stereocenters. The number of nitrogens with two attached hydrogens (primary N) is 1. The minimum atomic E-state index is -0.611. The van der Waals surface area contributed by atoms with Crippen LogP contribution in [-0.2, 0) is 17.8 Å². The molecule has 4 N–H and O–H groups in total. The number of hydrogen-bond acceptors (Lipinski definition) is 7. The molecule has 0 bridgehead atoms. The number of phenols is 1. The predicted molar refractivity (Wildman–Crippen MR) is 161 cm³/mol. The Kier molecular flexibility index (Phi) is 9.55. The van der Waals surface area contributed by atoms with Gasteiger partial charge in [-0.25, -0.2) is 0 Å². The molecule has 8 heteroatoms. The van der Waals surface area contributed by atoms with Gasteiger partial charge in [-0.15, -0.1) is 0 Å². The van der Waals surface area contributed by atoms with E-state index >= 15 is 0 Å². The molecule has 2 aliphatic rings. The number of rotatable bonds is 9. The molecule has 3 aromatic rings. The summed E-state index contributed by atoms with van der Waals surface area (Å²) in [6, 6.07) is 13.6. The van der Waals surface area contributed by atoms with Crippen LogP contribution in [0.1, 0.15) is 77.8 Å². The van der Waals surface area contributed by atoms with E-state index in [0.717, 1.165) is 56.4 Å². The van der Waals surface area contributed by atoms with Crippen LogP contribution in [0.4, 0.5) is 0 Å². The number of piperidine rings is 1. The first kappa shape index (κ1) is 30.7. The summed E-state index contributed by atoms with van der Waals surface area (Å²) in [5.41, 5.74) is 8.48. The molecular formula is C33H46N4O4. The predicted octanol–water partition coefficient (Wildman–Crippen LogP) is 6.52. The first-order valence-electron chi connectivity index (χ1n) is 14.8. The molecular weight excluding hydrogens is 516 g/mol. The summed E-state index contributed by atoms with van der Waals surface area (Å²) in [4.78, 5) is 18.9. The highest BCUT2D eigenvalue weighted by atomic mass is 16.5. The average molecular weight is 563 g/mol. The molecule has 0 spiro atoms. The second kappa shape index (κ2) is 12.7. The molecule has 222 valence electrons. The topological polar surface area (TPSA) is 126 Å². The van der Waals surface area contributed by atoms with Gasteiger partial charge in [0.05, 0.1) is 5.41 Å². The molecule has 2 heterocycles. The summed E-state index contributed by atoms with van der Waals surface area (Å²) < 4.78 is 5.48. The van der Waals surface area contributed by atoms with Gasteiger partial charge in [-0.1, -0.05) is 62.2 Å². The summed E-state index contributed by atoms with van der Waals surface area (Å²) in [6.07, 6.45) is 5.51. The van der Waals surface area contributed by atoms with Crippen LogP contribution in [0.5, 0.6) is 5.75 Å². The summed E-state index contributed by atoms with van der Waals surface area (Å²) in [5, 5.41) is 24.4. The van der Waals surface area contributed by atoms with Crippen LogP contribution in [-0.4, -0.2) is 49.9 Å². The average Bonchev–Trinajstić information content (AvgIpc) is 3.56. The number of aromatic nitrogens is 2. The number of phenolic OH excluding ortho intramolecular Hbond substituents is 1. The molecule has 2 fully saturated rings. The van der Waals surface area contributed by atoms with Crippen molar-refractivity contribution in [2.24, 2.45) is 23.0 Å². The summed E-state index contributed by atoms with van der Waals surface area (Å²) in [6.45, 7) is 12.6. The van der Waals surface area contributed by atoms with Gasteiger partial charge in [0.1, 0.15) is 5.75 Å². The number of hydrogen-bond donors (Lipinski definition) is 3. The quantitative estimate of drug-likeness (QED) is 0.269. The molecule has 41 heavy (non-hydrogen) atoms. The summed E-state index contributed by atoms with van der Waals surface area (Å²) >= 11 is 0. The fourth-order valence-electron chi connectivity index (χ4n) is 5.30. The van der Waals surface area contributed by atoms with E-state index in [-0.39, 0.29) is 11.3 Å². The molecule has 5 rings (SSSR count). The van der Waals surface area contributed by atoms with Crippen molar-refractivity contribution >= 4 is 5.97 Å². The molecule has 0 amide bonds. The maximum absolute atomic E-state index is 12.0. The Morgan fingerprint density at radius 3 is 2.24 bits per heavy atom. The van der Waals surface area contributed by atoms with Crippen molar-refractivity contribution in [1.82, 2.24) is 15.0 Å². The Balaban J connectivity index is 0.000000714. The van der Waals surface area contributed by atoms with Gasteiger partial charge in [0.2, 0.25) is 5.82 Å². The van der Waals surface area contributed by atoms with E-state index in [1.54, 1.807) is 6.07 Å². The Morgan fingerprint density at radius 2 is 1.71 bits per heavy atom. The van der Waals surface area contributed by atoms with Crippen molar-refractivity contribution in [3.05, 3.63) is 53.6 Å². The first-order valence-corrected chi connectivity index (χ1v) is 14.8. The van der Waals surface area contributed by atoms with Gasteiger partial charge in [0.15, 0.2) is 0 Å². The standard InChI is InChI=1S/C29H35N3O4.C4H11N/c1-19(2)15-23-9-10-24(16-25(23)33)27-30-26(31-36-27)22-7-5-21(6-8-22)18-32-13-11-29(12-14-32,28(34)35)17-20-3-4-20;1-4(2,3)5/h5-10,16,19-20,33H,3-4,11-15,17-18H2,1-2H3,(H,34,35);5H2,1-3H3. The van der Waals surface area contributed by atoms with Crippen LogP contribution in [0.25, 0.3) is 22.8 Å². The van der Waals surface area contributed by atoms with Crippen molar-refractivity contribution in [3.8, 4) is 28.6 Å². The fraction of sp³-hybridized carbons (Fsp3) is 0.545. The molecule has 1 saturated heterocycles. The van der Waals surface area contributed by atoms with Gasteiger partial charge in [0, 0.05) is 23.2 Å². The number of likely N-dealkylation sites (tertiary alicyclic amines) is 1. The Labute approximate surface area is 244 Å². The molecule has 1 aliphatic carbocycles. The lowest BCUT2D eigenvalue weighted by molar-refractivity contribution is -0.153. The number of aromatic hydroxyl groups is 1. The fourth-order valence-corrected chi connectivity index (χ4v) is 5.30. The van der Waals surface area contributed by atoms with Gasteiger partial charge < -0.3 is 20.5 Å². The molecule has 0 radical (unpaired) electrons. The van der Waals surface area contributed by atoms with Crippen LogP contribution in [0.2, 0.25) is 0 Å². The number of benzene rings is 2. The molecule has 8 nitrogen and oxygen atoms in total. The van der Waals surface area contributed by atoms with Gasteiger partial charge in [-0.2, -0.15) is 4.98 Å². The van der Waals surface area contributed by atoms with Crippen molar-refractivity contribution in [2.45, 2.75) is 85.2 Å². The molecule has 0 atom stereocenters. The number of nitrogens with zero attached hydrogens (tertiary/aromatic N) is 3. The van der Waals surface area contributed by atoms with E-state index in [1.165, 1.54) is 18.4 Å². The minimum absolute atomic E-state index is 0. The smallest absolute Gasteiger partial charge is 0.309 e. The van der Waals surface area contributed by atoms with Crippen LogP contribution in [0, 0.1) is 17.3 Å². The summed E-state index contributed by atoms with van der Waals surface area (Å²) in [7, 11) is 0. The maximum atomic E-state index is 12.0. The van der Waals surface area contributed by atoms with E-state index < -0.39 is 11.4 Å². The largest absolute Gasteiger partial charge is 0.508 e. The zero-order valence-corrected chi connectivity index (χ0v) is 25.2. The van der Waals surface area contributed by atoms with Crippen molar-refractivity contribution in [1.29, 1.82) is 0 Å². The maximum Gasteiger partial charge on any atom is 0.309 e. The third-order valence-electron chi connectivity index (χ3n) is 7.65. The lowest BCUT2D eigenvalue weighted by Gasteiger charge is -2.39. The SMILES string of the molecule is CC(C)(C)N.CC(C)Cc1ccc(-c2nc(-c3ccc(CN4CCC(CC5CC5)(C(=O)O)CC4)cc3)no2)cc1O. The third kappa shape index (κ3) is 8.88. The monoisotopic (exact) mass is 562 g/mol. The second-order valence-electron chi connectivity index (χ2n) is 13.4. The molecule has 2 aromatic carbocycles. The van der Waals surface area contributed by atoms with Gasteiger partial charge in [-0.05, 0) is 94.6 Å².